The summed E-state index contributed by atoms with van der Waals surface area (Å²) in [6.07, 6.45) is -0.989. The molecular weight excluding hydrogens is 306 g/mol. The predicted molar refractivity (Wildman–Crippen MR) is 92.3 cm³/mol. The van der Waals surface area contributed by atoms with Crippen LogP contribution in [0.25, 0.3) is 0 Å². The lowest BCUT2D eigenvalue weighted by Gasteiger charge is -2.15. The minimum Gasteiger partial charge on any atom is -0.507 e. The lowest BCUT2D eigenvalue weighted by molar-refractivity contribution is -0.123. The van der Waals surface area contributed by atoms with Crippen molar-refractivity contribution >= 4 is 17.6 Å². The van der Waals surface area contributed by atoms with Crippen molar-refractivity contribution < 1.29 is 19.4 Å². The van der Waals surface area contributed by atoms with Gasteiger partial charge in [0.05, 0.1) is 0 Å². The van der Waals surface area contributed by atoms with Crippen LogP contribution in [0.5, 0.6) is 5.75 Å². The molecule has 1 unspecified atom stereocenters. The third-order valence-electron chi connectivity index (χ3n) is 3.76. The zero-order chi connectivity index (χ0) is 17.9. The summed E-state index contributed by atoms with van der Waals surface area (Å²) in [5.41, 5.74) is 3.23. The second-order valence-corrected chi connectivity index (χ2v) is 5.83. The Bertz CT molecular complexity index is 783. The number of nitrogens with one attached hydrogen (secondary N) is 1. The molecule has 1 atom stereocenters. The number of carbonyl (C=O) groups is 2. The van der Waals surface area contributed by atoms with Gasteiger partial charge in [0.25, 0.3) is 5.91 Å². The maximum Gasteiger partial charge on any atom is 0.342 e. The van der Waals surface area contributed by atoms with Gasteiger partial charge in [-0.1, -0.05) is 24.3 Å². The monoisotopic (exact) mass is 327 g/mol. The Morgan fingerprint density at radius 1 is 1.08 bits per heavy atom. The first-order valence-corrected chi connectivity index (χ1v) is 7.67. The Morgan fingerprint density at radius 2 is 1.79 bits per heavy atom. The van der Waals surface area contributed by atoms with E-state index in [4.69, 9.17) is 4.74 Å². The molecule has 1 amide bonds. The molecule has 0 aliphatic heterocycles. The minimum atomic E-state index is -0.989. The largest absolute Gasteiger partial charge is 0.507 e. The average Bonchev–Trinajstić information content (AvgIpc) is 2.53. The molecule has 0 saturated carbocycles. The number of para-hydroxylation sites is 1. The molecule has 2 N–H and O–H groups in total. The highest BCUT2D eigenvalue weighted by molar-refractivity contribution is 5.98. The summed E-state index contributed by atoms with van der Waals surface area (Å²) in [7, 11) is 0. The van der Waals surface area contributed by atoms with Crippen molar-refractivity contribution in [2.75, 3.05) is 5.32 Å². The van der Waals surface area contributed by atoms with Crippen LogP contribution in [0.2, 0.25) is 0 Å². The van der Waals surface area contributed by atoms with Crippen molar-refractivity contribution in [1.29, 1.82) is 0 Å². The molecule has 0 heterocycles. The van der Waals surface area contributed by atoms with Crippen LogP contribution in [0, 0.1) is 20.8 Å². The molecule has 2 aromatic rings. The lowest BCUT2D eigenvalue weighted by atomic mass is 10.1. The molecule has 0 aliphatic rings. The Balaban J connectivity index is 2.07. The summed E-state index contributed by atoms with van der Waals surface area (Å²) in [6, 6.07) is 10.5. The van der Waals surface area contributed by atoms with Crippen LogP contribution in [0.3, 0.4) is 0 Å². The number of anilines is 1. The normalized spacial score (nSPS) is 11.7. The Morgan fingerprint density at radius 3 is 2.50 bits per heavy atom. The highest BCUT2D eigenvalue weighted by Gasteiger charge is 2.21. The fourth-order valence-corrected chi connectivity index (χ4v) is 2.21. The number of aryl methyl sites for hydroxylation is 3. The minimum absolute atomic E-state index is 0.0430. The van der Waals surface area contributed by atoms with E-state index in [1.165, 1.54) is 13.0 Å². The Labute approximate surface area is 141 Å². The summed E-state index contributed by atoms with van der Waals surface area (Å²) in [5, 5.41) is 12.7. The third-order valence-corrected chi connectivity index (χ3v) is 3.76. The number of benzene rings is 2. The maximum absolute atomic E-state index is 12.2. The van der Waals surface area contributed by atoms with Gasteiger partial charge in [-0.05, 0) is 56.5 Å². The molecule has 126 valence electrons. The maximum atomic E-state index is 12.2. The van der Waals surface area contributed by atoms with E-state index in [9.17, 15) is 14.7 Å². The molecule has 0 bridgehead atoms. The van der Waals surface area contributed by atoms with Crippen LogP contribution in [-0.2, 0) is 9.53 Å². The van der Waals surface area contributed by atoms with E-state index in [0.29, 0.717) is 11.3 Å². The Kier molecular flexibility index (Phi) is 5.24. The molecule has 24 heavy (non-hydrogen) atoms. The van der Waals surface area contributed by atoms with Gasteiger partial charge in [-0.25, -0.2) is 4.79 Å². The van der Waals surface area contributed by atoms with E-state index in [2.05, 4.69) is 5.32 Å². The first-order valence-electron chi connectivity index (χ1n) is 7.67. The number of hydrogen-bond acceptors (Lipinski definition) is 4. The molecular formula is C19H21NO4. The van der Waals surface area contributed by atoms with Gasteiger partial charge in [0.2, 0.25) is 0 Å². The van der Waals surface area contributed by atoms with Gasteiger partial charge >= 0.3 is 5.97 Å². The number of rotatable bonds is 4. The predicted octanol–water partition coefficient (Wildman–Crippen LogP) is 3.50. The summed E-state index contributed by atoms with van der Waals surface area (Å²) >= 11 is 0. The zero-order valence-corrected chi connectivity index (χ0v) is 14.2. The molecule has 0 aromatic heterocycles. The first kappa shape index (κ1) is 17.5. The van der Waals surface area contributed by atoms with Crippen LogP contribution in [0.4, 0.5) is 5.69 Å². The number of phenolic OH excluding ortho intramolecular Hbond substituents is 1. The lowest BCUT2D eigenvalue weighted by Crippen LogP contribution is -2.30. The molecule has 0 aliphatic carbocycles. The van der Waals surface area contributed by atoms with Gasteiger partial charge < -0.3 is 15.2 Å². The number of amides is 1. The van der Waals surface area contributed by atoms with Crippen LogP contribution < -0.4 is 5.32 Å². The van der Waals surface area contributed by atoms with Crippen LogP contribution in [0.1, 0.15) is 34.0 Å². The fraction of sp³-hybridized carbons (Fsp3) is 0.263. The standard InChI is InChI=1S/C19H21NO4/c1-11-8-9-12(2)16(10-11)20-18(22)14(4)24-19(23)15-7-5-6-13(3)17(15)21/h5-10,14,21H,1-4H3,(H,20,22). The molecule has 2 rings (SSSR count). The number of hydrogen-bond donors (Lipinski definition) is 2. The van der Waals surface area contributed by atoms with E-state index in [-0.39, 0.29) is 11.3 Å². The van der Waals surface area contributed by atoms with Gasteiger partial charge in [0, 0.05) is 5.69 Å². The second kappa shape index (κ2) is 7.17. The van der Waals surface area contributed by atoms with E-state index < -0.39 is 18.0 Å². The third kappa shape index (κ3) is 3.93. The van der Waals surface area contributed by atoms with Gasteiger partial charge in [0.15, 0.2) is 6.10 Å². The van der Waals surface area contributed by atoms with Gasteiger partial charge in [-0.2, -0.15) is 0 Å². The van der Waals surface area contributed by atoms with Crippen LogP contribution >= 0.6 is 0 Å². The van der Waals surface area contributed by atoms with Crippen LogP contribution in [-0.4, -0.2) is 23.1 Å². The number of ether oxygens (including phenoxy) is 1. The first-order chi connectivity index (χ1) is 11.3. The van der Waals surface area contributed by atoms with Gasteiger partial charge in [-0.15, -0.1) is 0 Å². The van der Waals surface area contributed by atoms with Crippen LogP contribution in [0.15, 0.2) is 36.4 Å². The molecule has 2 aromatic carbocycles. The van der Waals surface area contributed by atoms with Crippen molar-refractivity contribution in [3.63, 3.8) is 0 Å². The summed E-state index contributed by atoms with van der Waals surface area (Å²) < 4.78 is 5.17. The van der Waals surface area contributed by atoms with E-state index >= 15 is 0 Å². The topological polar surface area (TPSA) is 75.6 Å². The summed E-state index contributed by atoms with van der Waals surface area (Å²) in [6.45, 7) is 6.99. The average molecular weight is 327 g/mol. The second-order valence-electron chi connectivity index (χ2n) is 5.83. The number of aromatic hydroxyl groups is 1. The molecule has 0 saturated heterocycles. The van der Waals surface area contributed by atoms with Crippen molar-refractivity contribution in [1.82, 2.24) is 0 Å². The van der Waals surface area contributed by atoms with E-state index in [1.54, 1.807) is 19.1 Å². The molecule has 5 heteroatoms. The van der Waals surface area contributed by atoms with Gasteiger partial charge in [-0.3, -0.25) is 4.79 Å². The van der Waals surface area contributed by atoms with Crippen molar-refractivity contribution in [3.05, 3.63) is 58.7 Å². The van der Waals surface area contributed by atoms with Gasteiger partial charge in [0.1, 0.15) is 11.3 Å². The SMILES string of the molecule is Cc1ccc(C)c(NC(=O)C(C)OC(=O)c2cccc(C)c2O)c1. The highest BCUT2D eigenvalue weighted by atomic mass is 16.5. The fourth-order valence-electron chi connectivity index (χ4n) is 2.21. The summed E-state index contributed by atoms with van der Waals surface area (Å²) in [5.74, 6) is -1.30. The Hall–Kier alpha value is -2.82. The summed E-state index contributed by atoms with van der Waals surface area (Å²) in [4.78, 5) is 24.4. The molecule has 0 fully saturated rings. The smallest absolute Gasteiger partial charge is 0.342 e. The van der Waals surface area contributed by atoms with Crippen molar-refractivity contribution in [2.45, 2.75) is 33.8 Å². The highest BCUT2D eigenvalue weighted by Crippen LogP contribution is 2.23. The molecule has 5 nitrogen and oxygen atoms in total. The van der Waals surface area contributed by atoms with Crippen molar-refractivity contribution in [2.24, 2.45) is 0 Å². The van der Waals surface area contributed by atoms with E-state index in [0.717, 1.165) is 11.1 Å². The number of phenols is 1. The molecule has 0 spiro atoms. The number of carbonyl (C=O) groups excluding carboxylic acids is 2. The van der Waals surface area contributed by atoms with Crippen molar-refractivity contribution in [3.8, 4) is 5.75 Å². The molecule has 0 radical (unpaired) electrons. The quantitative estimate of drug-likeness (QED) is 0.843. The zero-order valence-electron chi connectivity index (χ0n) is 14.2. The number of esters is 1. The van der Waals surface area contributed by atoms with E-state index in [1.807, 2.05) is 32.0 Å².